The molecule has 0 aliphatic heterocycles. The van der Waals surface area contributed by atoms with Crippen LogP contribution in [0.4, 0.5) is 0 Å². The summed E-state index contributed by atoms with van der Waals surface area (Å²) >= 11 is 0. The number of nitrogens with one attached hydrogen (secondary N) is 1. The van der Waals surface area contributed by atoms with Crippen LogP contribution < -0.4 is 11.1 Å². The van der Waals surface area contributed by atoms with E-state index in [2.05, 4.69) is 5.32 Å². The number of nitrogens with two attached hydrogens (primary N) is 1. The summed E-state index contributed by atoms with van der Waals surface area (Å²) in [6, 6.07) is 30.3. The molecule has 10 nitrogen and oxygen atoms in total. The van der Waals surface area contributed by atoms with E-state index in [1.807, 2.05) is 86.6 Å². The van der Waals surface area contributed by atoms with Gasteiger partial charge < -0.3 is 31.1 Å². The number of likely N-dealkylation sites (N-methyl/N-ethyl adjacent to an activating group) is 3. The van der Waals surface area contributed by atoms with E-state index in [9.17, 15) is 19.2 Å². The molecule has 0 saturated carbocycles. The summed E-state index contributed by atoms with van der Waals surface area (Å²) in [5, 5.41) is 22.2. The van der Waals surface area contributed by atoms with Crippen molar-refractivity contribution in [3.8, 4) is 0 Å². The van der Waals surface area contributed by atoms with Crippen LogP contribution in [0.3, 0.4) is 0 Å². The van der Waals surface area contributed by atoms with Gasteiger partial charge in [0.05, 0.1) is 0 Å². The van der Waals surface area contributed by atoms with Crippen LogP contribution >= 0.6 is 0 Å². The van der Waals surface area contributed by atoms with E-state index in [0.717, 1.165) is 21.9 Å². The summed E-state index contributed by atoms with van der Waals surface area (Å²) in [7, 11) is 4.82. The first-order chi connectivity index (χ1) is 23.7. The van der Waals surface area contributed by atoms with Crippen LogP contribution in [0.25, 0.3) is 10.8 Å². The number of carboxylic acid groups (broad SMARTS) is 1. The first kappa shape index (κ1) is 39.1. The summed E-state index contributed by atoms with van der Waals surface area (Å²) < 4.78 is 0. The van der Waals surface area contributed by atoms with Gasteiger partial charge in [0.1, 0.15) is 12.1 Å². The van der Waals surface area contributed by atoms with Crippen LogP contribution in [0.5, 0.6) is 0 Å². The molecule has 50 heavy (non-hydrogen) atoms. The van der Waals surface area contributed by atoms with Crippen molar-refractivity contribution in [3.63, 3.8) is 0 Å². The summed E-state index contributed by atoms with van der Waals surface area (Å²) in [6.45, 7) is 3.77. The lowest BCUT2D eigenvalue weighted by molar-refractivity contribution is -0.147. The fourth-order valence-corrected chi connectivity index (χ4v) is 5.29. The highest BCUT2D eigenvalue weighted by molar-refractivity contribution is 5.95. The molecule has 0 aliphatic carbocycles. The highest BCUT2D eigenvalue weighted by Gasteiger charge is 2.34. The van der Waals surface area contributed by atoms with E-state index in [-0.39, 0.29) is 17.7 Å². The van der Waals surface area contributed by atoms with Crippen molar-refractivity contribution < 1.29 is 29.4 Å². The van der Waals surface area contributed by atoms with Gasteiger partial charge in [0, 0.05) is 39.5 Å². The first-order valence-electron chi connectivity index (χ1n) is 16.4. The number of aliphatic carboxylic acids is 1. The molecule has 0 spiro atoms. The van der Waals surface area contributed by atoms with Crippen molar-refractivity contribution in [1.29, 1.82) is 0 Å². The van der Waals surface area contributed by atoms with Gasteiger partial charge in [-0.05, 0) is 53.8 Å². The zero-order valence-electron chi connectivity index (χ0n) is 29.3. The number of carbonyl (C=O) groups excluding carboxylic acids is 3. The number of hydrogen-bond donors (Lipinski definition) is 4. The van der Waals surface area contributed by atoms with Crippen LogP contribution in [-0.4, -0.2) is 82.5 Å². The number of hydrogen-bond acceptors (Lipinski definition) is 6. The lowest BCUT2D eigenvalue weighted by atomic mass is 9.98. The third-order valence-electron chi connectivity index (χ3n) is 8.23. The molecular weight excluding hydrogens is 632 g/mol. The quantitative estimate of drug-likeness (QED) is 0.152. The van der Waals surface area contributed by atoms with E-state index < -0.39 is 29.7 Å². The van der Waals surface area contributed by atoms with Gasteiger partial charge in [-0.25, -0.2) is 4.79 Å². The number of benzene rings is 4. The second kappa shape index (κ2) is 18.4. The maximum Gasteiger partial charge on any atom is 0.337 e. The predicted octanol–water partition coefficient (Wildman–Crippen LogP) is 4.51. The Morgan fingerprint density at radius 3 is 1.92 bits per heavy atom. The minimum atomic E-state index is -1.41. The largest absolute Gasteiger partial charge is 0.479 e. The van der Waals surface area contributed by atoms with Gasteiger partial charge in [0.2, 0.25) is 17.7 Å². The number of carboxylic acids is 1. The normalized spacial score (nSPS) is 13.0. The molecule has 10 heteroatoms. The maximum atomic E-state index is 14.1. The number of rotatable bonds is 13. The van der Waals surface area contributed by atoms with E-state index in [1.165, 1.54) is 15.9 Å². The Kier molecular flexibility index (Phi) is 14.4. The summed E-state index contributed by atoms with van der Waals surface area (Å²) in [6.07, 6.45) is 2.98. The molecule has 4 aromatic carbocycles. The summed E-state index contributed by atoms with van der Waals surface area (Å²) in [5.74, 6) is -2.10. The standard InChI is InChI=1S/C32H40N4O3.C8H8O3/c1-32(2,33)19-11-16-29(37)35(4)28(22-24-17-18-25-14-9-10-15-26(25)20-24)31(39)36(5)27(30(38)34-3)21-23-12-7-6-8-13-23;9-7(8(10)11)6-4-2-1-3-5-6/h6-18,20,27-28H,19,21-22,33H2,1-5H3,(H,34,38);1-5,7,9H,(H,10,11)/b16-11+;/t27-,28-;/m1./s1. The topological polar surface area (TPSA) is 153 Å². The number of aliphatic hydroxyl groups is 1. The van der Waals surface area contributed by atoms with Gasteiger partial charge in [-0.3, -0.25) is 14.4 Å². The second-order valence-corrected chi connectivity index (χ2v) is 12.9. The van der Waals surface area contributed by atoms with Crippen molar-refractivity contribution in [3.05, 3.63) is 132 Å². The predicted molar refractivity (Wildman–Crippen MR) is 196 cm³/mol. The van der Waals surface area contributed by atoms with Crippen LogP contribution in [0.1, 0.15) is 43.1 Å². The number of nitrogens with zero attached hydrogens (tertiary/aromatic N) is 2. The lowest BCUT2D eigenvalue weighted by Gasteiger charge is -2.34. The van der Waals surface area contributed by atoms with Crippen molar-refractivity contribution in [2.24, 2.45) is 5.73 Å². The number of amides is 3. The average Bonchev–Trinajstić information content (AvgIpc) is 3.11. The molecule has 1 unspecified atom stereocenters. The molecule has 3 amide bonds. The highest BCUT2D eigenvalue weighted by Crippen LogP contribution is 2.20. The van der Waals surface area contributed by atoms with Crippen molar-refractivity contribution in [2.75, 3.05) is 21.1 Å². The molecule has 4 rings (SSSR count). The minimum Gasteiger partial charge on any atom is -0.479 e. The Labute approximate surface area is 294 Å². The van der Waals surface area contributed by atoms with Crippen LogP contribution in [-0.2, 0) is 32.0 Å². The van der Waals surface area contributed by atoms with Crippen molar-refractivity contribution in [2.45, 2.75) is 56.8 Å². The Hall–Kier alpha value is -5.32. The molecule has 264 valence electrons. The Morgan fingerprint density at radius 1 is 0.780 bits per heavy atom. The van der Waals surface area contributed by atoms with E-state index >= 15 is 0 Å². The van der Waals surface area contributed by atoms with Crippen molar-refractivity contribution in [1.82, 2.24) is 15.1 Å². The van der Waals surface area contributed by atoms with E-state index in [4.69, 9.17) is 15.9 Å². The molecular formula is C40H48N4O6. The van der Waals surface area contributed by atoms with Crippen LogP contribution in [0.2, 0.25) is 0 Å². The number of aliphatic hydroxyl groups excluding tert-OH is 1. The van der Waals surface area contributed by atoms with Gasteiger partial charge in [0.15, 0.2) is 6.10 Å². The first-order valence-corrected chi connectivity index (χ1v) is 16.4. The fourth-order valence-electron chi connectivity index (χ4n) is 5.29. The molecule has 5 N–H and O–H groups in total. The van der Waals surface area contributed by atoms with E-state index in [1.54, 1.807) is 57.6 Å². The second-order valence-electron chi connectivity index (χ2n) is 12.9. The molecule has 0 aliphatic rings. The summed E-state index contributed by atoms with van der Waals surface area (Å²) in [4.78, 5) is 53.3. The summed E-state index contributed by atoms with van der Waals surface area (Å²) in [5.41, 5.74) is 7.87. The van der Waals surface area contributed by atoms with Crippen LogP contribution in [0, 0.1) is 0 Å². The van der Waals surface area contributed by atoms with Gasteiger partial charge in [-0.15, -0.1) is 0 Å². The fraction of sp³-hybridized carbons (Fsp3) is 0.300. The zero-order valence-corrected chi connectivity index (χ0v) is 29.3. The van der Waals surface area contributed by atoms with Gasteiger partial charge >= 0.3 is 5.97 Å². The Bertz CT molecular complexity index is 1750. The molecule has 0 radical (unpaired) electrons. The zero-order chi connectivity index (χ0) is 36.8. The SMILES string of the molecule is CNC(=O)[C@@H](Cc1ccccc1)N(C)C(=O)[C@@H](Cc1ccc2ccccc2c1)N(C)C(=O)/C=C/CC(C)(C)N.O=C(O)C(O)c1ccccc1. The van der Waals surface area contributed by atoms with Gasteiger partial charge in [0.25, 0.3) is 0 Å². The average molecular weight is 681 g/mol. The Morgan fingerprint density at radius 2 is 1.34 bits per heavy atom. The minimum absolute atomic E-state index is 0.266. The Balaban J connectivity index is 0.000000521. The van der Waals surface area contributed by atoms with Gasteiger partial charge in [-0.1, -0.05) is 109 Å². The number of fused-ring (bicyclic) bond motifs is 1. The third kappa shape index (κ3) is 11.7. The highest BCUT2D eigenvalue weighted by atomic mass is 16.4. The molecule has 4 aromatic rings. The molecule has 0 heterocycles. The third-order valence-corrected chi connectivity index (χ3v) is 8.23. The van der Waals surface area contributed by atoms with Crippen molar-refractivity contribution >= 4 is 34.5 Å². The van der Waals surface area contributed by atoms with E-state index in [0.29, 0.717) is 24.8 Å². The number of carbonyl (C=O) groups is 4. The molecule has 0 saturated heterocycles. The van der Waals surface area contributed by atoms with Crippen LogP contribution in [0.15, 0.2) is 115 Å². The molecule has 0 aromatic heterocycles. The maximum absolute atomic E-state index is 14.1. The monoisotopic (exact) mass is 680 g/mol. The molecule has 3 atom stereocenters. The van der Waals surface area contributed by atoms with Gasteiger partial charge in [-0.2, -0.15) is 0 Å². The smallest absolute Gasteiger partial charge is 0.337 e. The molecule has 0 bridgehead atoms. The lowest BCUT2D eigenvalue weighted by Crippen LogP contribution is -2.55. The molecule has 0 fully saturated rings.